The zero-order valence-corrected chi connectivity index (χ0v) is 16.4. The van der Waals surface area contributed by atoms with Gasteiger partial charge in [0.05, 0.1) is 21.1 Å². The molecule has 0 N–H and O–H groups in total. The molecule has 1 atom stereocenters. The van der Waals surface area contributed by atoms with E-state index in [-0.39, 0.29) is 41.9 Å². The van der Waals surface area contributed by atoms with Crippen molar-refractivity contribution in [2.45, 2.75) is 32.2 Å². The lowest BCUT2D eigenvalue weighted by molar-refractivity contribution is 0.0895. The first-order chi connectivity index (χ1) is 16.1. The minimum absolute atomic E-state index is 0.154. The fraction of sp³-hybridized carbons (Fsp3) is 0.458. The van der Waals surface area contributed by atoms with Gasteiger partial charge in [0.15, 0.2) is 17.3 Å². The van der Waals surface area contributed by atoms with Crippen LogP contribution in [0.1, 0.15) is 49.0 Å². The van der Waals surface area contributed by atoms with E-state index >= 15 is 0 Å². The summed E-state index contributed by atoms with van der Waals surface area (Å²) in [6.07, 6.45) is 2.39. The van der Waals surface area contributed by atoms with Crippen molar-refractivity contribution in [3.8, 4) is 11.5 Å². The number of likely N-dealkylation sites (tertiary alicyclic amines) is 1. The van der Waals surface area contributed by atoms with E-state index in [2.05, 4.69) is 4.90 Å². The zero-order chi connectivity index (χ0) is 24.8. The molecule has 2 aromatic carbocycles. The van der Waals surface area contributed by atoms with Crippen LogP contribution in [0.5, 0.6) is 11.5 Å². The lowest BCUT2D eigenvalue weighted by Gasteiger charge is -2.32. The maximum atomic E-state index is 13.1. The smallest absolute Gasteiger partial charge is 0.166 e. The van der Waals surface area contributed by atoms with Gasteiger partial charge in [0.1, 0.15) is 0 Å². The highest BCUT2D eigenvalue weighted by atomic mass is 16.5. The van der Waals surface area contributed by atoms with Gasteiger partial charge >= 0.3 is 0 Å². The molecule has 1 aliphatic carbocycles. The third kappa shape index (κ3) is 3.93. The monoisotopic (exact) mass is 385 g/mol. The van der Waals surface area contributed by atoms with Crippen molar-refractivity contribution < 1.29 is 22.5 Å². The summed E-state index contributed by atoms with van der Waals surface area (Å²) in [5.74, 6) is -0.140. The first kappa shape index (κ1) is 13.0. The molecule has 0 amide bonds. The number of carbonyl (C=O) groups excluding carboxylic acids is 1. The number of carbonyl (C=O) groups is 1. The molecule has 4 heteroatoms. The van der Waals surface area contributed by atoms with E-state index < -0.39 is 5.89 Å². The molecule has 148 valence electrons. The molecule has 2 aromatic rings. The molecular weight excluding hydrogens is 350 g/mol. The van der Waals surface area contributed by atoms with E-state index in [0.717, 1.165) is 18.4 Å². The van der Waals surface area contributed by atoms with Crippen LogP contribution in [0.15, 0.2) is 42.3 Å². The third-order valence-corrected chi connectivity index (χ3v) is 5.75. The Hall–Kier alpha value is -2.33. The van der Waals surface area contributed by atoms with Gasteiger partial charge in [-0.25, -0.2) is 0 Å². The molecule has 0 bridgehead atoms. The number of ketones is 1. The number of benzene rings is 2. The average Bonchev–Trinajstić information content (AvgIpc) is 3.08. The molecular formula is C24H29NO3. The van der Waals surface area contributed by atoms with Crippen molar-refractivity contribution in [3.05, 3.63) is 59.0 Å². The normalized spacial score (nSPS) is 25.9. The van der Waals surface area contributed by atoms with Crippen LogP contribution in [0, 0.1) is 11.8 Å². The number of ether oxygens (including phenoxy) is 2. The van der Waals surface area contributed by atoms with E-state index in [1.165, 1.54) is 7.11 Å². The van der Waals surface area contributed by atoms with E-state index in [1.54, 1.807) is 19.2 Å². The maximum absolute atomic E-state index is 13.1. The van der Waals surface area contributed by atoms with Crippen LogP contribution in [0.2, 0.25) is 0 Å². The highest BCUT2D eigenvalue weighted by Crippen LogP contribution is 2.39. The molecule has 4 rings (SSSR count). The summed E-state index contributed by atoms with van der Waals surface area (Å²) >= 11 is 0. The van der Waals surface area contributed by atoms with Gasteiger partial charge in [0.25, 0.3) is 0 Å². The van der Waals surface area contributed by atoms with E-state index in [9.17, 15) is 4.79 Å². The number of methoxy groups -OCH3 is 2. The van der Waals surface area contributed by atoms with E-state index in [0.29, 0.717) is 55.1 Å². The summed E-state index contributed by atoms with van der Waals surface area (Å²) in [6.45, 7) is 1.66. The lowest BCUT2D eigenvalue weighted by Crippen LogP contribution is -2.34. The zero-order valence-electron chi connectivity index (χ0n) is 22.4. The molecule has 1 heterocycles. The lowest BCUT2D eigenvalue weighted by atomic mass is 9.85. The predicted octanol–water partition coefficient (Wildman–Crippen LogP) is 4.36. The van der Waals surface area contributed by atoms with Crippen LogP contribution in [0.3, 0.4) is 0 Å². The molecule has 4 nitrogen and oxygen atoms in total. The molecule has 28 heavy (non-hydrogen) atoms. The van der Waals surface area contributed by atoms with Crippen molar-refractivity contribution in [1.82, 2.24) is 4.90 Å². The molecule has 0 radical (unpaired) electrons. The quantitative estimate of drug-likeness (QED) is 0.741. The predicted molar refractivity (Wildman–Crippen MR) is 110 cm³/mol. The van der Waals surface area contributed by atoms with Gasteiger partial charge in [0, 0.05) is 19.4 Å². The number of rotatable bonds is 6. The van der Waals surface area contributed by atoms with Crippen LogP contribution >= 0.6 is 0 Å². The molecule has 0 aromatic heterocycles. The molecule has 2 aliphatic rings. The second kappa shape index (κ2) is 8.36. The topological polar surface area (TPSA) is 38.8 Å². The van der Waals surface area contributed by atoms with Crippen LogP contribution in [0.25, 0.3) is 0 Å². The second-order valence-corrected chi connectivity index (χ2v) is 7.50. The minimum atomic E-state index is -1.21. The largest absolute Gasteiger partial charge is 0.493 e. The summed E-state index contributed by atoms with van der Waals surface area (Å²) < 4.78 is 59.4. The molecule has 1 aliphatic heterocycles. The van der Waals surface area contributed by atoms with Gasteiger partial charge in [-0.1, -0.05) is 30.2 Å². The van der Waals surface area contributed by atoms with Crippen molar-refractivity contribution in [1.29, 1.82) is 0 Å². The number of Topliss-reactive ketones (excluding diaryl/α,β-unsaturated/α-hetero) is 1. The Bertz CT molecular complexity index is 1100. The molecule has 0 spiro atoms. The minimum Gasteiger partial charge on any atom is -0.493 e. The Morgan fingerprint density at radius 2 is 1.79 bits per heavy atom. The maximum Gasteiger partial charge on any atom is 0.166 e. The van der Waals surface area contributed by atoms with Crippen molar-refractivity contribution in [3.63, 3.8) is 0 Å². The van der Waals surface area contributed by atoms with Gasteiger partial charge in [0.2, 0.25) is 0 Å². The van der Waals surface area contributed by atoms with Crippen molar-refractivity contribution in [2.24, 2.45) is 11.8 Å². The number of hydrogen-bond acceptors (Lipinski definition) is 4. The van der Waals surface area contributed by atoms with E-state index in [1.807, 2.05) is 0 Å². The molecule has 1 fully saturated rings. The third-order valence-electron chi connectivity index (χ3n) is 5.75. The Morgan fingerprint density at radius 1 is 1.11 bits per heavy atom. The van der Waals surface area contributed by atoms with Crippen molar-refractivity contribution >= 4 is 5.78 Å². The summed E-state index contributed by atoms with van der Waals surface area (Å²) in [6, 6.07) is 2.16. The standard InChI is InChI=1S/C24H29NO3/c1-27-22-14-19-13-20(24(26)21(19)15-23(22)28-2)12-17-8-10-25(11-9-17)16-18-6-4-3-5-7-18/h3-7,14-15,17,20H,8-13,16H2,1-2H3/i3D,4D,5D,6D,7D,20D. The summed E-state index contributed by atoms with van der Waals surface area (Å²) in [7, 11) is 3.07. The van der Waals surface area contributed by atoms with Gasteiger partial charge in [-0.05, 0) is 68.0 Å². The SMILES string of the molecule is [2H]c1c([2H])c([2H])c(CN2CCC(CC3([2H])Cc4cc(OC)c(OC)cc4C3=O)CC2)c([2H])c1[2H]. The number of nitrogens with zero attached hydrogens (tertiary/aromatic N) is 1. The molecule has 1 unspecified atom stereocenters. The number of hydrogen-bond donors (Lipinski definition) is 0. The highest BCUT2D eigenvalue weighted by Gasteiger charge is 2.34. The van der Waals surface area contributed by atoms with Gasteiger partial charge in [-0.15, -0.1) is 0 Å². The Morgan fingerprint density at radius 3 is 2.46 bits per heavy atom. The second-order valence-electron chi connectivity index (χ2n) is 7.50. The summed E-state index contributed by atoms with van der Waals surface area (Å²) in [5.41, 5.74) is 1.66. The van der Waals surface area contributed by atoms with Crippen LogP contribution in [-0.4, -0.2) is 38.0 Å². The summed E-state index contributed by atoms with van der Waals surface area (Å²) in [4.78, 5) is 15.2. The van der Waals surface area contributed by atoms with Gasteiger partial charge < -0.3 is 9.47 Å². The molecule has 0 saturated carbocycles. The fourth-order valence-electron chi connectivity index (χ4n) is 4.22. The van der Waals surface area contributed by atoms with Gasteiger partial charge in [-0.3, -0.25) is 9.69 Å². The average molecular weight is 386 g/mol. The summed E-state index contributed by atoms with van der Waals surface area (Å²) in [5, 5.41) is 0. The Balaban J connectivity index is 1.42. The van der Waals surface area contributed by atoms with Crippen LogP contribution in [0.4, 0.5) is 0 Å². The van der Waals surface area contributed by atoms with E-state index in [4.69, 9.17) is 17.7 Å². The fourth-order valence-corrected chi connectivity index (χ4v) is 4.22. The first-order valence-electron chi connectivity index (χ1n) is 12.7. The van der Waals surface area contributed by atoms with Gasteiger partial charge in [-0.2, -0.15) is 0 Å². The Kier molecular flexibility index (Phi) is 3.88. The highest BCUT2D eigenvalue weighted by molar-refractivity contribution is 6.02. The number of piperidine rings is 1. The van der Waals surface area contributed by atoms with Crippen LogP contribution < -0.4 is 9.47 Å². The van der Waals surface area contributed by atoms with Crippen molar-refractivity contribution in [2.75, 3.05) is 27.3 Å². The molecule has 1 saturated heterocycles. The first-order valence-corrected chi connectivity index (χ1v) is 9.67. The number of fused-ring (bicyclic) bond motifs is 1. The Labute approximate surface area is 175 Å². The van der Waals surface area contributed by atoms with Crippen LogP contribution in [-0.2, 0) is 13.0 Å².